The lowest BCUT2D eigenvalue weighted by atomic mass is 10.0. The maximum Gasteiger partial charge on any atom is 0.258 e. The van der Waals surface area contributed by atoms with Gasteiger partial charge in [0, 0.05) is 36.3 Å². The number of pyridine rings is 1. The third-order valence-corrected chi connectivity index (χ3v) is 5.17. The van der Waals surface area contributed by atoms with Crippen molar-refractivity contribution >= 4 is 22.5 Å². The second kappa shape index (κ2) is 6.45. The van der Waals surface area contributed by atoms with Gasteiger partial charge in [-0.25, -0.2) is 0 Å². The fourth-order valence-corrected chi connectivity index (χ4v) is 3.56. The number of fused-ring (bicyclic) bond motifs is 1. The minimum Gasteiger partial charge on any atom is -0.311 e. The fourth-order valence-electron chi connectivity index (χ4n) is 3.56. The molecule has 0 bridgehead atoms. The highest BCUT2D eigenvalue weighted by Crippen LogP contribution is 2.43. The zero-order valence-corrected chi connectivity index (χ0v) is 15.1. The van der Waals surface area contributed by atoms with Crippen LogP contribution in [0.2, 0.25) is 0 Å². The molecule has 0 unspecified atom stereocenters. The van der Waals surface area contributed by atoms with Crippen molar-refractivity contribution in [3.05, 3.63) is 76.1 Å². The predicted octanol–water partition coefficient (Wildman–Crippen LogP) is 4.18. The van der Waals surface area contributed by atoms with Crippen LogP contribution in [-0.2, 0) is 6.54 Å². The van der Waals surface area contributed by atoms with E-state index in [0.717, 1.165) is 35.0 Å². The molecule has 0 aliphatic heterocycles. The molecule has 1 aliphatic rings. The quantitative estimate of drug-likeness (QED) is 0.711. The maximum atomic E-state index is 12.8. The Bertz CT molecular complexity index is 1030. The lowest BCUT2D eigenvalue weighted by Crippen LogP contribution is -2.26. The van der Waals surface area contributed by atoms with Gasteiger partial charge in [-0.15, -0.1) is 0 Å². The van der Waals surface area contributed by atoms with E-state index in [9.17, 15) is 9.59 Å². The number of carbonyl (C=O) groups is 1. The number of aromatic nitrogens is 1. The van der Waals surface area contributed by atoms with Crippen LogP contribution in [0.25, 0.3) is 10.9 Å². The van der Waals surface area contributed by atoms with Crippen molar-refractivity contribution < 1.29 is 4.79 Å². The summed E-state index contributed by atoms with van der Waals surface area (Å²) in [6, 6.07) is 17.0. The summed E-state index contributed by atoms with van der Waals surface area (Å²) >= 11 is 0. The van der Waals surface area contributed by atoms with Crippen LogP contribution >= 0.6 is 0 Å². The minimum absolute atomic E-state index is 0.0401. The molecule has 3 aromatic rings. The summed E-state index contributed by atoms with van der Waals surface area (Å²) in [5.74, 6) is 0.434. The molecule has 1 saturated carbocycles. The van der Waals surface area contributed by atoms with Crippen LogP contribution in [0.4, 0.5) is 5.69 Å². The van der Waals surface area contributed by atoms with Gasteiger partial charge in [0.2, 0.25) is 0 Å². The first-order chi connectivity index (χ1) is 12.6. The third kappa shape index (κ3) is 2.81. The SMILES string of the molecule is CCn1c(=O)cc(C2CC2)c2cc(N(C)C(=O)c3ccccc3)ccc21. The highest BCUT2D eigenvalue weighted by Gasteiger charge is 2.27. The van der Waals surface area contributed by atoms with Crippen molar-refractivity contribution in [3.8, 4) is 0 Å². The van der Waals surface area contributed by atoms with Gasteiger partial charge in [0.05, 0.1) is 5.52 Å². The van der Waals surface area contributed by atoms with Crippen LogP contribution < -0.4 is 10.5 Å². The van der Waals surface area contributed by atoms with Crippen LogP contribution in [0.1, 0.15) is 41.6 Å². The van der Waals surface area contributed by atoms with Crippen molar-refractivity contribution in [1.82, 2.24) is 4.57 Å². The van der Waals surface area contributed by atoms with E-state index in [1.165, 1.54) is 0 Å². The number of aryl methyl sites for hydroxylation is 1. The summed E-state index contributed by atoms with van der Waals surface area (Å²) in [6.07, 6.45) is 2.27. The van der Waals surface area contributed by atoms with E-state index in [-0.39, 0.29) is 11.5 Å². The fraction of sp³-hybridized carbons (Fsp3) is 0.273. The molecule has 132 valence electrons. The lowest BCUT2D eigenvalue weighted by molar-refractivity contribution is 0.0993. The van der Waals surface area contributed by atoms with Gasteiger partial charge in [-0.3, -0.25) is 9.59 Å². The molecule has 0 N–H and O–H groups in total. The Morgan fingerprint density at radius 2 is 1.85 bits per heavy atom. The van der Waals surface area contributed by atoms with Gasteiger partial charge >= 0.3 is 0 Å². The number of rotatable bonds is 4. The molecule has 1 aromatic heterocycles. The number of hydrogen-bond donors (Lipinski definition) is 0. The lowest BCUT2D eigenvalue weighted by Gasteiger charge is -2.20. The summed E-state index contributed by atoms with van der Waals surface area (Å²) in [5, 5.41) is 1.08. The second-order valence-electron chi connectivity index (χ2n) is 6.89. The molecule has 1 heterocycles. The van der Waals surface area contributed by atoms with E-state index in [0.29, 0.717) is 18.0 Å². The normalized spacial score (nSPS) is 13.8. The van der Waals surface area contributed by atoms with Crippen molar-refractivity contribution in [2.24, 2.45) is 0 Å². The Hall–Kier alpha value is -2.88. The Labute approximate surface area is 152 Å². The van der Waals surface area contributed by atoms with Gasteiger partial charge in [0.15, 0.2) is 0 Å². The molecule has 4 rings (SSSR count). The average Bonchev–Trinajstić information content (AvgIpc) is 3.52. The summed E-state index contributed by atoms with van der Waals surface area (Å²) in [4.78, 5) is 26.9. The molecule has 1 fully saturated rings. The number of hydrogen-bond acceptors (Lipinski definition) is 2. The summed E-state index contributed by atoms with van der Waals surface area (Å²) in [6.45, 7) is 2.62. The molecule has 0 spiro atoms. The van der Waals surface area contributed by atoms with Crippen molar-refractivity contribution in [3.63, 3.8) is 0 Å². The molecular formula is C22H22N2O2. The largest absolute Gasteiger partial charge is 0.311 e. The monoisotopic (exact) mass is 346 g/mol. The smallest absolute Gasteiger partial charge is 0.258 e. The molecule has 0 radical (unpaired) electrons. The van der Waals surface area contributed by atoms with Gasteiger partial charge in [0.1, 0.15) is 0 Å². The highest BCUT2D eigenvalue weighted by molar-refractivity contribution is 6.06. The van der Waals surface area contributed by atoms with Gasteiger partial charge < -0.3 is 9.47 Å². The van der Waals surface area contributed by atoms with Gasteiger partial charge in [-0.1, -0.05) is 18.2 Å². The van der Waals surface area contributed by atoms with Crippen LogP contribution in [0, 0.1) is 0 Å². The highest BCUT2D eigenvalue weighted by atomic mass is 16.2. The van der Waals surface area contributed by atoms with E-state index >= 15 is 0 Å². The van der Waals surface area contributed by atoms with E-state index in [1.807, 2.05) is 49.4 Å². The van der Waals surface area contributed by atoms with Crippen molar-refractivity contribution in [2.45, 2.75) is 32.2 Å². The number of amides is 1. The molecule has 1 aliphatic carbocycles. The maximum absolute atomic E-state index is 12.8. The van der Waals surface area contributed by atoms with Gasteiger partial charge in [-0.2, -0.15) is 0 Å². The zero-order chi connectivity index (χ0) is 18.3. The number of benzene rings is 2. The zero-order valence-electron chi connectivity index (χ0n) is 15.1. The van der Waals surface area contributed by atoms with Crippen LogP contribution in [0.5, 0.6) is 0 Å². The first-order valence-corrected chi connectivity index (χ1v) is 9.10. The third-order valence-electron chi connectivity index (χ3n) is 5.17. The summed E-state index contributed by atoms with van der Waals surface area (Å²) in [7, 11) is 1.79. The first kappa shape index (κ1) is 16.6. The summed E-state index contributed by atoms with van der Waals surface area (Å²) < 4.78 is 1.80. The number of anilines is 1. The van der Waals surface area contributed by atoms with E-state index in [2.05, 4.69) is 6.07 Å². The number of carbonyl (C=O) groups excluding carboxylic acids is 1. The van der Waals surface area contributed by atoms with E-state index in [4.69, 9.17) is 0 Å². The Kier molecular flexibility index (Phi) is 4.11. The van der Waals surface area contributed by atoms with E-state index in [1.54, 1.807) is 22.6 Å². The molecule has 4 nitrogen and oxygen atoms in total. The molecule has 2 aromatic carbocycles. The van der Waals surface area contributed by atoms with Crippen LogP contribution in [0.3, 0.4) is 0 Å². The van der Waals surface area contributed by atoms with Gasteiger partial charge in [-0.05, 0) is 61.6 Å². The van der Waals surface area contributed by atoms with Crippen molar-refractivity contribution in [2.75, 3.05) is 11.9 Å². The first-order valence-electron chi connectivity index (χ1n) is 9.10. The standard InChI is InChI=1S/C22H22N2O2/c1-3-24-20-12-11-17(23(2)22(26)16-7-5-4-6-8-16)13-19(20)18(14-21(24)25)15-9-10-15/h4-8,11-15H,3,9-10H2,1-2H3. The second-order valence-corrected chi connectivity index (χ2v) is 6.89. The minimum atomic E-state index is -0.0401. The predicted molar refractivity (Wildman–Crippen MR) is 105 cm³/mol. The van der Waals surface area contributed by atoms with Crippen molar-refractivity contribution in [1.29, 1.82) is 0 Å². The molecule has 4 heteroatoms. The molecule has 0 saturated heterocycles. The molecule has 1 amide bonds. The van der Waals surface area contributed by atoms with Crippen LogP contribution in [-0.4, -0.2) is 17.5 Å². The number of nitrogens with zero attached hydrogens (tertiary/aromatic N) is 2. The Morgan fingerprint density at radius 1 is 1.12 bits per heavy atom. The van der Waals surface area contributed by atoms with Crippen LogP contribution in [0.15, 0.2) is 59.4 Å². The molecule has 0 atom stereocenters. The Balaban J connectivity index is 1.82. The summed E-state index contributed by atoms with van der Waals surface area (Å²) in [5.41, 5.74) is 3.64. The average molecular weight is 346 g/mol. The topological polar surface area (TPSA) is 42.3 Å². The molecular weight excluding hydrogens is 324 g/mol. The van der Waals surface area contributed by atoms with Gasteiger partial charge in [0.25, 0.3) is 11.5 Å². The Morgan fingerprint density at radius 3 is 2.50 bits per heavy atom. The van der Waals surface area contributed by atoms with E-state index < -0.39 is 0 Å². The molecule has 26 heavy (non-hydrogen) atoms.